The Labute approximate surface area is 120 Å². The van der Waals surface area contributed by atoms with Crippen LogP contribution in [-0.2, 0) is 6.54 Å². The second-order valence-electron chi connectivity index (χ2n) is 5.28. The van der Waals surface area contributed by atoms with E-state index in [1.54, 1.807) is 6.07 Å². The molecule has 2 nitrogen and oxygen atoms in total. The first kappa shape index (κ1) is 17.6. The van der Waals surface area contributed by atoms with Crippen molar-refractivity contribution in [3.63, 3.8) is 0 Å². The van der Waals surface area contributed by atoms with Crippen LogP contribution in [0.15, 0.2) is 18.2 Å². The van der Waals surface area contributed by atoms with Gasteiger partial charge in [0.15, 0.2) is 0 Å². The zero-order valence-electron chi connectivity index (χ0n) is 11.0. The highest BCUT2D eigenvalue weighted by molar-refractivity contribution is 6.31. The molecule has 0 bridgehead atoms. The van der Waals surface area contributed by atoms with Gasteiger partial charge in [0, 0.05) is 18.1 Å². The summed E-state index contributed by atoms with van der Waals surface area (Å²) in [5.74, 6) is -0.302. The average molecular weight is 295 g/mol. The van der Waals surface area contributed by atoms with E-state index in [9.17, 15) is 4.39 Å². The summed E-state index contributed by atoms with van der Waals surface area (Å²) in [7, 11) is 2.01. The van der Waals surface area contributed by atoms with E-state index >= 15 is 0 Å². The topological polar surface area (TPSA) is 29.3 Å². The monoisotopic (exact) mass is 294 g/mol. The number of benzene rings is 1. The molecule has 0 heterocycles. The van der Waals surface area contributed by atoms with Gasteiger partial charge in [0.1, 0.15) is 5.82 Å². The summed E-state index contributed by atoms with van der Waals surface area (Å²) < 4.78 is 12.9. The van der Waals surface area contributed by atoms with Crippen molar-refractivity contribution in [3.05, 3.63) is 34.6 Å². The minimum atomic E-state index is -0.302. The lowest BCUT2D eigenvalue weighted by Gasteiger charge is -2.29. The Bertz CT molecular complexity index is 383. The predicted octanol–water partition coefficient (Wildman–Crippen LogP) is 3.32. The molecule has 18 heavy (non-hydrogen) atoms. The van der Waals surface area contributed by atoms with E-state index in [1.807, 2.05) is 7.05 Å². The molecule has 0 aliphatic carbocycles. The standard InChI is InChI=1S/C13H20ClFN2.ClH/c1-13(2,8-16)9-17(3)7-10-4-5-11(15)6-12(10)14;/h4-6H,7-9,16H2,1-3H3;1H. The fourth-order valence-electron chi connectivity index (χ4n) is 1.79. The molecule has 0 atom stereocenters. The Hall–Kier alpha value is -0.350. The number of rotatable bonds is 5. The van der Waals surface area contributed by atoms with Crippen molar-refractivity contribution in [1.29, 1.82) is 0 Å². The lowest BCUT2D eigenvalue weighted by Crippen LogP contribution is -2.36. The van der Waals surface area contributed by atoms with Crippen LogP contribution in [0.25, 0.3) is 0 Å². The minimum Gasteiger partial charge on any atom is -0.330 e. The van der Waals surface area contributed by atoms with Crippen molar-refractivity contribution in [2.75, 3.05) is 20.1 Å². The van der Waals surface area contributed by atoms with Crippen molar-refractivity contribution in [1.82, 2.24) is 4.90 Å². The zero-order chi connectivity index (χ0) is 13.1. The number of halogens is 3. The Kier molecular flexibility index (Phi) is 7.15. The van der Waals surface area contributed by atoms with Crippen molar-refractivity contribution < 1.29 is 4.39 Å². The molecule has 0 saturated carbocycles. The highest BCUT2D eigenvalue weighted by Gasteiger charge is 2.18. The number of hydrogen-bond donors (Lipinski definition) is 1. The lowest BCUT2D eigenvalue weighted by molar-refractivity contribution is 0.210. The summed E-state index contributed by atoms with van der Waals surface area (Å²) in [6.45, 7) is 6.44. The summed E-state index contributed by atoms with van der Waals surface area (Å²) in [5.41, 5.74) is 6.70. The van der Waals surface area contributed by atoms with Gasteiger partial charge in [-0.05, 0) is 36.7 Å². The zero-order valence-corrected chi connectivity index (χ0v) is 12.6. The first-order valence-corrected chi connectivity index (χ1v) is 6.04. The third kappa shape index (κ3) is 5.53. The maximum Gasteiger partial charge on any atom is 0.124 e. The summed E-state index contributed by atoms with van der Waals surface area (Å²) >= 11 is 5.99. The van der Waals surface area contributed by atoms with Crippen molar-refractivity contribution in [3.8, 4) is 0 Å². The SMILES string of the molecule is CN(Cc1ccc(F)cc1Cl)CC(C)(C)CN.Cl. The molecule has 0 radical (unpaired) electrons. The summed E-state index contributed by atoms with van der Waals surface area (Å²) in [6.07, 6.45) is 0. The Morgan fingerprint density at radius 2 is 2.00 bits per heavy atom. The second kappa shape index (κ2) is 7.29. The van der Waals surface area contributed by atoms with Crippen molar-refractivity contribution in [2.45, 2.75) is 20.4 Å². The molecule has 0 amide bonds. The molecular formula is C13H21Cl2FN2. The van der Waals surface area contributed by atoms with E-state index in [4.69, 9.17) is 17.3 Å². The van der Waals surface area contributed by atoms with Crippen LogP contribution in [0.5, 0.6) is 0 Å². The van der Waals surface area contributed by atoms with Crippen LogP contribution >= 0.6 is 24.0 Å². The van der Waals surface area contributed by atoms with Crippen molar-refractivity contribution in [2.24, 2.45) is 11.1 Å². The van der Waals surface area contributed by atoms with Gasteiger partial charge in [0.2, 0.25) is 0 Å². The van der Waals surface area contributed by atoms with E-state index in [-0.39, 0.29) is 23.6 Å². The third-order valence-corrected chi connectivity index (χ3v) is 3.06. The van der Waals surface area contributed by atoms with E-state index in [1.165, 1.54) is 12.1 Å². The van der Waals surface area contributed by atoms with Crippen LogP contribution in [0.3, 0.4) is 0 Å². The Morgan fingerprint density at radius 3 is 2.50 bits per heavy atom. The molecule has 0 saturated heterocycles. The Morgan fingerprint density at radius 1 is 1.39 bits per heavy atom. The average Bonchev–Trinajstić information content (AvgIpc) is 2.21. The van der Waals surface area contributed by atoms with Crippen LogP contribution < -0.4 is 5.73 Å². The van der Waals surface area contributed by atoms with Crippen LogP contribution in [0.2, 0.25) is 5.02 Å². The number of nitrogens with zero attached hydrogens (tertiary/aromatic N) is 1. The van der Waals surface area contributed by atoms with Crippen LogP contribution in [0, 0.1) is 11.2 Å². The molecular weight excluding hydrogens is 274 g/mol. The molecule has 0 aliphatic rings. The molecule has 0 unspecified atom stereocenters. The molecule has 0 aliphatic heterocycles. The van der Waals surface area contributed by atoms with Gasteiger partial charge in [-0.15, -0.1) is 12.4 Å². The van der Waals surface area contributed by atoms with Gasteiger partial charge < -0.3 is 10.6 Å². The number of hydrogen-bond acceptors (Lipinski definition) is 2. The smallest absolute Gasteiger partial charge is 0.124 e. The number of nitrogens with two attached hydrogens (primary N) is 1. The lowest BCUT2D eigenvalue weighted by atomic mass is 9.93. The first-order chi connectivity index (χ1) is 7.84. The summed E-state index contributed by atoms with van der Waals surface area (Å²) in [4.78, 5) is 2.14. The van der Waals surface area contributed by atoms with Gasteiger partial charge in [-0.3, -0.25) is 0 Å². The van der Waals surface area contributed by atoms with Gasteiger partial charge >= 0.3 is 0 Å². The molecule has 1 aromatic rings. The fraction of sp³-hybridized carbons (Fsp3) is 0.538. The molecule has 104 valence electrons. The molecule has 0 fully saturated rings. The molecule has 0 aromatic heterocycles. The summed E-state index contributed by atoms with van der Waals surface area (Å²) in [6, 6.07) is 4.51. The van der Waals surface area contributed by atoms with Crippen LogP contribution in [-0.4, -0.2) is 25.0 Å². The quantitative estimate of drug-likeness (QED) is 0.903. The van der Waals surface area contributed by atoms with Gasteiger partial charge in [0.25, 0.3) is 0 Å². The Balaban J connectivity index is 0.00000289. The predicted molar refractivity (Wildman–Crippen MR) is 77.8 cm³/mol. The first-order valence-electron chi connectivity index (χ1n) is 5.66. The van der Waals surface area contributed by atoms with E-state index in [2.05, 4.69) is 18.7 Å². The van der Waals surface area contributed by atoms with Gasteiger partial charge in [-0.1, -0.05) is 31.5 Å². The molecule has 5 heteroatoms. The third-order valence-electron chi connectivity index (χ3n) is 2.71. The van der Waals surface area contributed by atoms with Gasteiger partial charge in [0.05, 0.1) is 0 Å². The molecule has 1 aromatic carbocycles. The molecule has 1 rings (SSSR count). The second-order valence-corrected chi connectivity index (χ2v) is 5.68. The fourth-order valence-corrected chi connectivity index (χ4v) is 2.02. The largest absolute Gasteiger partial charge is 0.330 e. The normalized spacial score (nSPS) is 11.5. The van der Waals surface area contributed by atoms with Gasteiger partial charge in [-0.25, -0.2) is 4.39 Å². The maximum atomic E-state index is 12.9. The highest BCUT2D eigenvalue weighted by Crippen LogP contribution is 2.20. The van der Waals surface area contributed by atoms with E-state index in [0.717, 1.165) is 12.1 Å². The van der Waals surface area contributed by atoms with Gasteiger partial charge in [-0.2, -0.15) is 0 Å². The van der Waals surface area contributed by atoms with Crippen molar-refractivity contribution >= 4 is 24.0 Å². The maximum absolute atomic E-state index is 12.9. The van der Waals surface area contributed by atoms with Crippen LogP contribution in [0.1, 0.15) is 19.4 Å². The molecule has 0 spiro atoms. The highest BCUT2D eigenvalue weighted by atomic mass is 35.5. The van der Waals surface area contributed by atoms with E-state index < -0.39 is 0 Å². The van der Waals surface area contributed by atoms with Crippen LogP contribution in [0.4, 0.5) is 4.39 Å². The summed E-state index contributed by atoms with van der Waals surface area (Å²) in [5, 5.41) is 0.474. The molecule has 2 N–H and O–H groups in total. The van der Waals surface area contributed by atoms with E-state index in [0.29, 0.717) is 18.1 Å². The minimum absolute atomic E-state index is 0.